The molecule has 0 N–H and O–H groups in total. The van der Waals surface area contributed by atoms with Crippen LogP contribution in [-0.4, -0.2) is 11.2 Å². The van der Waals surface area contributed by atoms with Gasteiger partial charge in [-0.05, 0) is 17.6 Å². The highest BCUT2D eigenvalue weighted by Crippen LogP contribution is 1.83. The number of aromatic nitrogens is 1. The lowest BCUT2D eigenvalue weighted by atomic mass is 10.8. The van der Waals surface area contributed by atoms with E-state index in [9.17, 15) is 0 Å². The van der Waals surface area contributed by atoms with Crippen LogP contribution in [0, 0.1) is 0 Å². The molecule has 7 heavy (non-hydrogen) atoms. The number of hydrogen-bond acceptors (Lipinski definition) is 3. The summed E-state index contributed by atoms with van der Waals surface area (Å²) in [6.45, 7) is 2.00. The van der Waals surface area contributed by atoms with Gasteiger partial charge in [0.2, 0.25) is 0 Å². The predicted octanol–water partition coefficient (Wildman–Crippen LogP) is 0.958. The Kier molecular flexibility index (Phi) is 4.77. The van der Waals surface area contributed by atoms with E-state index in [-0.39, 0.29) is 0 Å². The number of rotatable bonds is 0. The minimum atomic E-state index is 1.46. The lowest BCUT2D eigenvalue weighted by Gasteiger charge is -1.41. The van der Waals surface area contributed by atoms with Crippen molar-refractivity contribution in [1.82, 2.24) is 4.37 Å². The van der Waals surface area contributed by atoms with Crippen LogP contribution in [0.1, 0.15) is 0 Å². The summed E-state index contributed by atoms with van der Waals surface area (Å²) < 4.78 is 3.76. The van der Waals surface area contributed by atoms with Gasteiger partial charge in [-0.25, -0.2) is 4.37 Å². The quantitative estimate of drug-likeness (QED) is 0.504. The fourth-order valence-corrected chi connectivity index (χ4v) is 0.527. The molecule has 1 rings (SSSR count). The molecule has 2 nitrogen and oxygen atoms in total. The molecule has 0 spiro atoms. The Morgan fingerprint density at radius 3 is 2.43 bits per heavy atom. The zero-order chi connectivity index (χ0) is 5.54. The van der Waals surface area contributed by atoms with Gasteiger partial charge in [0.05, 0.1) is 0 Å². The molecular weight excluding hydrogens is 110 g/mol. The SMILES string of the molecule is C=O.c1cnsc1. The van der Waals surface area contributed by atoms with Crippen LogP contribution >= 0.6 is 11.5 Å². The highest BCUT2D eigenvalue weighted by atomic mass is 32.1. The number of nitrogens with zero attached hydrogens (tertiary/aromatic N) is 1. The molecule has 1 heterocycles. The number of carbonyl (C=O) groups is 1. The summed E-state index contributed by atoms with van der Waals surface area (Å²) in [4.78, 5) is 8.00. The second-order valence-electron chi connectivity index (χ2n) is 0.688. The van der Waals surface area contributed by atoms with Crippen molar-refractivity contribution in [3.05, 3.63) is 17.6 Å². The first-order valence-electron chi connectivity index (χ1n) is 1.63. The van der Waals surface area contributed by atoms with Crippen LogP contribution in [0.2, 0.25) is 0 Å². The van der Waals surface area contributed by atoms with E-state index in [0.717, 1.165) is 0 Å². The molecule has 0 unspecified atom stereocenters. The van der Waals surface area contributed by atoms with Gasteiger partial charge in [0, 0.05) is 11.6 Å². The van der Waals surface area contributed by atoms with Crippen molar-refractivity contribution in [3.63, 3.8) is 0 Å². The van der Waals surface area contributed by atoms with E-state index in [1.807, 2.05) is 18.2 Å². The van der Waals surface area contributed by atoms with Crippen LogP contribution in [0.15, 0.2) is 17.6 Å². The molecule has 0 atom stereocenters. The number of carbonyl (C=O) groups excluding carboxylic acids is 1. The van der Waals surface area contributed by atoms with E-state index in [2.05, 4.69) is 4.37 Å². The first-order chi connectivity index (χ1) is 3.50. The Hall–Kier alpha value is -0.700. The van der Waals surface area contributed by atoms with Crippen LogP contribution in [0.25, 0.3) is 0 Å². The summed E-state index contributed by atoms with van der Waals surface area (Å²) in [5, 5.41) is 1.93. The molecule has 0 radical (unpaired) electrons. The standard InChI is InChI=1S/C3H3NS.CH2O/c1-2-4-5-3-1;1-2/h1-3H;1H2. The van der Waals surface area contributed by atoms with Crippen molar-refractivity contribution in [2.45, 2.75) is 0 Å². The van der Waals surface area contributed by atoms with Gasteiger partial charge in [0.1, 0.15) is 6.79 Å². The van der Waals surface area contributed by atoms with Gasteiger partial charge in [-0.1, -0.05) is 0 Å². The molecule has 0 fully saturated rings. The molecule has 0 aliphatic rings. The molecule has 0 amide bonds. The third kappa shape index (κ3) is 3.12. The molecule has 0 aliphatic heterocycles. The summed E-state index contributed by atoms with van der Waals surface area (Å²) in [7, 11) is 0. The maximum absolute atomic E-state index is 8.00. The maximum atomic E-state index is 8.00. The van der Waals surface area contributed by atoms with Crippen molar-refractivity contribution >= 4 is 18.3 Å². The fraction of sp³-hybridized carbons (Fsp3) is 0. The van der Waals surface area contributed by atoms with E-state index in [4.69, 9.17) is 4.79 Å². The van der Waals surface area contributed by atoms with E-state index in [1.54, 1.807) is 6.20 Å². The van der Waals surface area contributed by atoms with Gasteiger partial charge in [-0.3, -0.25) is 0 Å². The summed E-state index contributed by atoms with van der Waals surface area (Å²) in [6, 6.07) is 1.91. The van der Waals surface area contributed by atoms with Crippen molar-refractivity contribution in [1.29, 1.82) is 0 Å². The van der Waals surface area contributed by atoms with E-state index in [1.165, 1.54) is 11.5 Å². The van der Waals surface area contributed by atoms with Crippen LogP contribution < -0.4 is 0 Å². The molecule has 0 aromatic carbocycles. The maximum Gasteiger partial charge on any atom is 0.106 e. The van der Waals surface area contributed by atoms with Crippen LogP contribution in [0.5, 0.6) is 0 Å². The van der Waals surface area contributed by atoms with Crippen molar-refractivity contribution in [3.8, 4) is 0 Å². The predicted molar refractivity (Wildman–Crippen MR) is 29.2 cm³/mol. The molecule has 0 aliphatic carbocycles. The largest absolute Gasteiger partial charge is 0.307 e. The van der Waals surface area contributed by atoms with Gasteiger partial charge < -0.3 is 4.79 Å². The third-order valence-electron chi connectivity index (χ3n) is 0.347. The van der Waals surface area contributed by atoms with Gasteiger partial charge in [-0.15, -0.1) is 0 Å². The molecule has 0 saturated carbocycles. The third-order valence-corrected chi connectivity index (χ3v) is 0.869. The first-order valence-corrected chi connectivity index (χ1v) is 2.47. The molecule has 1 aromatic heterocycles. The lowest BCUT2D eigenvalue weighted by molar-refractivity contribution is -0.0979. The summed E-state index contributed by atoms with van der Waals surface area (Å²) in [6.07, 6.45) is 1.77. The van der Waals surface area contributed by atoms with Gasteiger partial charge >= 0.3 is 0 Å². The topological polar surface area (TPSA) is 30.0 Å². The Labute approximate surface area is 46.0 Å². The van der Waals surface area contributed by atoms with Crippen molar-refractivity contribution in [2.75, 3.05) is 0 Å². The molecule has 0 saturated heterocycles. The highest BCUT2D eigenvalue weighted by Gasteiger charge is 1.59. The van der Waals surface area contributed by atoms with Gasteiger partial charge in [0.15, 0.2) is 0 Å². The smallest absolute Gasteiger partial charge is 0.106 e. The average Bonchev–Trinajstić information content (AvgIpc) is 2.23. The molecular formula is C4H5NOS. The minimum Gasteiger partial charge on any atom is -0.307 e. The monoisotopic (exact) mass is 115 g/mol. The number of hydrogen-bond donors (Lipinski definition) is 0. The van der Waals surface area contributed by atoms with Crippen LogP contribution in [0.3, 0.4) is 0 Å². The normalized spacial score (nSPS) is 6.29. The first kappa shape index (κ1) is 6.30. The minimum absolute atomic E-state index is 1.46. The molecule has 0 bridgehead atoms. The Morgan fingerprint density at radius 2 is 2.29 bits per heavy atom. The van der Waals surface area contributed by atoms with E-state index in [0.29, 0.717) is 0 Å². The molecule has 3 heteroatoms. The molecule has 38 valence electrons. The second kappa shape index (κ2) is 5.30. The second-order valence-corrected chi connectivity index (χ2v) is 1.38. The Morgan fingerprint density at radius 1 is 1.57 bits per heavy atom. The van der Waals surface area contributed by atoms with Gasteiger partial charge in [-0.2, -0.15) is 0 Å². The van der Waals surface area contributed by atoms with Crippen LogP contribution in [0.4, 0.5) is 0 Å². The van der Waals surface area contributed by atoms with Crippen molar-refractivity contribution in [2.24, 2.45) is 0 Å². The summed E-state index contributed by atoms with van der Waals surface area (Å²) in [5.74, 6) is 0. The summed E-state index contributed by atoms with van der Waals surface area (Å²) >= 11 is 1.46. The van der Waals surface area contributed by atoms with Crippen molar-refractivity contribution < 1.29 is 4.79 Å². The van der Waals surface area contributed by atoms with E-state index >= 15 is 0 Å². The fourth-order valence-electron chi connectivity index (χ4n) is 0.176. The zero-order valence-electron chi connectivity index (χ0n) is 3.70. The average molecular weight is 115 g/mol. The van der Waals surface area contributed by atoms with Crippen LogP contribution in [-0.2, 0) is 4.79 Å². The highest BCUT2D eigenvalue weighted by molar-refractivity contribution is 7.03. The Bertz CT molecular complexity index is 78.6. The summed E-state index contributed by atoms with van der Waals surface area (Å²) in [5.41, 5.74) is 0. The zero-order valence-corrected chi connectivity index (χ0v) is 4.52. The van der Waals surface area contributed by atoms with Gasteiger partial charge in [0.25, 0.3) is 0 Å². The lowest BCUT2D eigenvalue weighted by Crippen LogP contribution is -1.32. The molecule has 1 aromatic rings. The van der Waals surface area contributed by atoms with E-state index < -0.39 is 0 Å². The Balaban J connectivity index is 0.000000162.